The number of carbonyl (C=O) groups excluding carboxylic acids is 1. The fourth-order valence-electron chi connectivity index (χ4n) is 1.33. The average molecular weight is 154 g/mol. The summed E-state index contributed by atoms with van der Waals surface area (Å²) in [4.78, 5) is 14.7. The lowest BCUT2D eigenvalue weighted by Gasteiger charge is -2.25. The van der Waals surface area contributed by atoms with Gasteiger partial charge in [0.1, 0.15) is 0 Å². The van der Waals surface area contributed by atoms with Crippen molar-refractivity contribution in [2.45, 2.75) is 12.5 Å². The molecule has 1 aliphatic rings. The van der Waals surface area contributed by atoms with E-state index < -0.39 is 0 Å². The van der Waals surface area contributed by atoms with Crippen molar-refractivity contribution >= 4 is 6.03 Å². The molecule has 0 aromatic carbocycles. The molecule has 3 nitrogen and oxygen atoms in total. The van der Waals surface area contributed by atoms with Crippen molar-refractivity contribution < 1.29 is 4.79 Å². The van der Waals surface area contributed by atoms with Gasteiger partial charge in [-0.1, -0.05) is 6.08 Å². The highest BCUT2D eigenvalue weighted by Gasteiger charge is 2.39. The van der Waals surface area contributed by atoms with Crippen molar-refractivity contribution in [3.63, 3.8) is 0 Å². The van der Waals surface area contributed by atoms with E-state index >= 15 is 0 Å². The van der Waals surface area contributed by atoms with Crippen LogP contribution < -0.4 is 0 Å². The van der Waals surface area contributed by atoms with Crippen LogP contribution in [0.5, 0.6) is 0 Å². The minimum Gasteiger partial charge on any atom is -0.325 e. The lowest BCUT2D eigenvalue weighted by Crippen LogP contribution is -2.39. The van der Waals surface area contributed by atoms with Gasteiger partial charge in [0.25, 0.3) is 0 Å². The molecular weight excluding hydrogens is 140 g/mol. The van der Waals surface area contributed by atoms with E-state index in [-0.39, 0.29) is 11.6 Å². The van der Waals surface area contributed by atoms with Gasteiger partial charge in [-0.3, -0.25) is 0 Å². The van der Waals surface area contributed by atoms with Gasteiger partial charge in [0, 0.05) is 20.6 Å². The van der Waals surface area contributed by atoms with E-state index in [0.717, 1.165) is 6.54 Å². The van der Waals surface area contributed by atoms with Crippen LogP contribution in [0, 0.1) is 0 Å². The van der Waals surface area contributed by atoms with Crippen LogP contribution in [-0.4, -0.2) is 42.0 Å². The van der Waals surface area contributed by atoms with Crippen molar-refractivity contribution in [1.82, 2.24) is 9.80 Å². The standard InChI is InChI=1S/C8H14N2O/c1-5-8(2)6-9(3)7(11)10(8)4/h5H,1,6H2,2-4H3. The Morgan fingerprint density at radius 1 is 1.64 bits per heavy atom. The average Bonchev–Trinajstić information content (AvgIpc) is 2.17. The molecule has 0 spiro atoms. The monoisotopic (exact) mass is 154 g/mol. The van der Waals surface area contributed by atoms with Gasteiger partial charge >= 0.3 is 6.03 Å². The Morgan fingerprint density at radius 3 is 2.36 bits per heavy atom. The normalized spacial score (nSPS) is 31.4. The van der Waals surface area contributed by atoms with Crippen LogP contribution in [0.4, 0.5) is 4.79 Å². The summed E-state index contributed by atoms with van der Waals surface area (Å²) in [5.74, 6) is 0. The quantitative estimate of drug-likeness (QED) is 0.515. The van der Waals surface area contributed by atoms with Gasteiger partial charge in [0.2, 0.25) is 0 Å². The molecule has 2 amide bonds. The summed E-state index contributed by atoms with van der Waals surface area (Å²) in [7, 11) is 3.60. The molecule has 1 fully saturated rings. The van der Waals surface area contributed by atoms with Gasteiger partial charge in [-0.2, -0.15) is 0 Å². The lowest BCUT2D eigenvalue weighted by molar-refractivity contribution is 0.195. The molecule has 11 heavy (non-hydrogen) atoms. The summed E-state index contributed by atoms with van der Waals surface area (Å²) in [6, 6.07) is 0.0624. The van der Waals surface area contributed by atoms with E-state index in [9.17, 15) is 4.79 Å². The first kappa shape index (κ1) is 8.11. The van der Waals surface area contributed by atoms with Gasteiger partial charge in [0.05, 0.1) is 5.54 Å². The first-order valence-electron chi connectivity index (χ1n) is 3.64. The predicted molar refractivity (Wildman–Crippen MR) is 44.4 cm³/mol. The highest BCUT2D eigenvalue weighted by Crippen LogP contribution is 2.23. The van der Waals surface area contributed by atoms with Gasteiger partial charge in [-0.25, -0.2) is 4.79 Å². The van der Waals surface area contributed by atoms with E-state index in [0.29, 0.717) is 0 Å². The number of likely N-dealkylation sites (N-methyl/N-ethyl adjacent to an activating group) is 2. The number of nitrogens with zero attached hydrogens (tertiary/aromatic N) is 2. The molecule has 1 atom stereocenters. The van der Waals surface area contributed by atoms with Crippen LogP contribution in [0.1, 0.15) is 6.92 Å². The maximum absolute atomic E-state index is 11.3. The second kappa shape index (κ2) is 2.26. The van der Waals surface area contributed by atoms with E-state index in [2.05, 4.69) is 6.58 Å². The first-order valence-corrected chi connectivity index (χ1v) is 3.64. The molecule has 1 saturated heterocycles. The zero-order chi connectivity index (χ0) is 8.65. The van der Waals surface area contributed by atoms with Gasteiger partial charge < -0.3 is 9.80 Å². The highest BCUT2D eigenvalue weighted by atomic mass is 16.2. The van der Waals surface area contributed by atoms with Crippen LogP contribution in [0.3, 0.4) is 0 Å². The molecule has 0 bridgehead atoms. The van der Waals surface area contributed by atoms with Crippen LogP contribution in [0.25, 0.3) is 0 Å². The molecule has 0 aliphatic carbocycles. The number of carbonyl (C=O) groups is 1. The van der Waals surface area contributed by atoms with E-state index in [1.165, 1.54) is 0 Å². The zero-order valence-electron chi connectivity index (χ0n) is 7.29. The molecule has 1 aliphatic heterocycles. The third-order valence-electron chi connectivity index (χ3n) is 2.38. The summed E-state index contributed by atoms with van der Waals surface area (Å²) in [5.41, 5.74) is -0.189. The van der Waals surface area contributed by atoms with Crippen LogP contribution in [0.2, 0.25) is 0 Å². The number of rotatable bonds is 1. The molecule has 1 unspecified atom stereocenters. The first-order chi connectivity index (χ1) is 5.01. The number of amides is 2. The molecule has 0 radical (unpaired) electrons. The van der Waals surface area contributed by atoms with E-state index in [4.69, 9.17) is 0 Å². The molecular formula is C8H14N2O. The third-order valence-corrected chi connectivity index (χ3v) is 2.38. The Labute approximate surface area is 67.3 Å². The van der Waals surface area contributed by atoms with Crippen LogP contribution >= 0.6 is 0 Å². The molecule has 0 N–H and O–H groups in total. The van der Waals surface area contributed by atoms with Gasteiger partial charge in [-0.15, -0.1) is 6.58 Å². The van der Waals surface area contributed by atoms with Crippen LogP contribution in [-0.2, 0) is 0 Å². The largest absolute Gasteiger partial charge is 0.325 e. The molecule has 3 heteroatoms. The maximum Gasteiger partial charge on any atom is 0.320 e. The summed E-state index contributed by atoms with van der Waals surface area (Å²) in [6.07, 6.45) is 1.81. The minimum atomic E-state index is -0.189. The lowest BCUT2D eigenvalue weighted by atomic mass is 10.0. The molecule has 0 aromatic rings. The second-order valence-electron chi connectivity index (χ2n) is 3.26. The maximum atomic E-state index is 11.3. The number of hydrogen-bond acceptors (Lipinski definition) is 1. The Kier molecular flexibility index (Phi) is 1.66. The Hall–Kier alpha value is -0.990. The van der Waals surface area contributed by atoms with Crippen molar-refractivity contribution in [3.05, 3.63) is 12.7 Å². The summed E-state index contributed by atoms with van der Waals surface area (Å²) in [6.45, 7) is 6.44. The second-order valence-corrected chi connectivity index (χ2v) is 3.26. The minimum absolute atomic E-state index is 0.0624. The summed E-state index contributed by atoms with van der Waals surface area (Å²) >= 11 is 0. The topological polar surface area (TPSA) is 23.6 Å². The predicted octanol–water partition coefficient (Wildman–Crippen LogP) is 0.928. The summed E-state index contributed by atoms with van der Waals surface area (Å²) < 4.78 is 0. The molecule has 62 valence electrons. The smallest absolute Gasteiger partial charge is 0.320 e. The third kappa shape index (κ3) is 1.00. The molecule has 1 heterocycles. The zero-order valence-corrected chi connectivity index (χ0v) is 7.29. The van der Waals surface area contributed by atoms with Gasteiger partial charge in [0.15, 0.2) is 0 Å². The fraction of sp³-hybridized carbons (Fsp3) is 0.625. The van der Waals surface area contributed by atoms with E-state index in [1.54, 1.807) is 23.9 Å². The molecule has 0 saturated carbocycles. The Morgan fingerprint density at radius 2 is 2.18 bits per heavy atom. The van der Waals surface area contributed by atoms with Crippen LogP contribution in [0.15, 0.2) is 12.7 Å². The van der Waals surface area contributed by atoms with Crippen molar-refractivity contribution in [2.24, 2.45) is 0 Å². The SMILES string of the molecule is C=CC1(C)CN(C)C(=O)N1C. The van der Waals surface area contributed by atoms with Gasteiger partial charge in [-0.05, 0) is 6.92 Å². The fourth-order valence-corrected chi connectivity index (χ4v) is 1.33. The van der Waals surface area contributed by atoms with Crippen molar-refractivity contribution in [2.75, 3.05) is 20.6 Å². The Balaban J connectivity index is 2.90. The highest BCUT2D eigenvalue weighted by molar-refractivity contribution is 5.78. The van der Waals surface area contributed by atoms with E-state index in [1.807, 2.05) is 13.0 Å². The summed E-state index contributed by atoms with van der Waals surface area (Å²) in [5, 5.41) is 0. The molecule has 0 aromatic heterocycles. The number of hydrogen-bond donors (Lipinski definition) is 0. The Bertz CT molecular complexity index is 202. The number of urea groups is 1. The van der Waals surface area contributed by atoms with Crippen molar-refractivity contribution in [1.29, 1.82) is 0 Å². The van der Waals surface area contributed by atoms with Crippen molar-refractivity contribution in [3.8, 4) is 0 Å². The molecule has 1 rings (SSSR count).